The van der Waals surface area contributed by atoms with Crippen LogP contribution in [0.25, 0.3) is 0 Å². The van der Waals surface area contributed by atoms with Crippen molar-refractivity contribution < 1.29 is 19.8 Å². The lowest BCUT2D eigenvalue weighted by molar-refractivity contribution is -0.159. The number of carbonyl (C=O) groups is 2. The molecule has 0 atom stereocenters. The minimum Gasteiger partial charge on any atom is -0.473 e. The first kappa shape index (κ1) is 20.5. The maximum atomic E-state index is 9.10. The van der Waals surface area contributed by atoms with Crippen LogP contribution in [-0.2, 0) is 22.7 Å². The van der Waals surface area contributed by atoms with Gasteiger partial charge in [0.05, 0.1) is 5.69 Å². The molecule has 2 aromatic rings. The zero-order valence-electron chi connectivity index (χ0n) is 15.4. The smallest absolute Gasteiger partial charge is 0.414 e. The fraction of sp³-hybridized carbons (Fsp3) is 0.350. The van der Waals surface area contributed by atoms with Gasteiger partial charge in [-0.2, -0.15) is 0 Å². The Morgan fingerprint density at radius 1 is 0.926 bits per heavy atom. The fourth-order valence-corrected chi connectivity index (χ4v) is 2.89. The predicted octanol–water partition coefficient (Wildman–Crippen LogP) is 1.86. The highest BCUT2D eigenvalue weighted by Crippen LogP contribution is 2.11. The Hall–Kier alpha value is -2.77. The van der Waals surface area contributed by atoms with Crippen molar-refractivity contribution in [1.82, 2.24) is 14.8 Å². The molecule has 0 spiro atoms. The van der Waals surface area contributed by atoms with Gasteiger partial charge in [-0.25, -0.2) is 9.59 Å². The highest BCUT2D eigenvalue weighted by molar-refractivity contribution is 6.27. The van der Waals surface area contributed by atoms with Crippen LogP contribution < -0.4 is 0 Å². The molecular formula is C20H25N3O4. The molecule has 0 bridgehead atoms. The monoisotopic (exact) mass is 371 g/mol. The van der Waals surface area contributed by atoms with Crippen molar-refractivity contribution >= 4 is 11.9 Å². The number of piperazine rings is 1. The summed E-state index contributed by atoms with van der Waals surface area (Å²) in [5.74, 6) is -3.65. The molecule has 1 aromatic heterocycles. The second kappa shape index (κ2) is 10.4. The highest BCUT2D eigenvalue weighted by Gasteiger charge is 2.17. The summed E-state index contributed by atoms with van der Waals surface area (Å²) in [6.07, 6.45) is 1.88. The Bertz CT molecular complexity index is 732. The number of hydrogen-bond acceptors (Lipinski definition) is 5. The molecule has 1 aliphatic heterocycles. The second-order valence-electron chi connectivity index (χ2n) is 6.47. The summed E-state index contributed by atoms with van der Waals surface area (Å²) in [6.45, 7) is 8.73. The third-order valence-electron chi connectivity index (χ3n) is 4.25. The van der Waals surface area contributed by atoms with Crippen molar-refractivity contribution in [2.24, 2.45) is 0 Å². The average Bonchev–Trinajstić information content (AvgIpc) is 2.65. The van der Waals surface area contributed by atoms with Crippen LogP contribution >= 0.6 is 0 Å². The SMILES string of the molecule is Cc1cccc(CN2CCN(Cc3ccccn3)CC2)c1.O=C(O)C(=O)O. The van der Waals surface area contributed by atoms with Crippen molar-refractivity contribution in [3.63, 3.8) is 0 Å². The first-order valence-corrected chi connectivity index (χ1v) is 8.80. The van der Waals surface area contributed by atoms with Crippen LogP contribution in [0.5, 0.6) is 0 Å². The number of pyridine rings is 1. The zero-order chi connectivity index (χ0) is 19.6. The number of aromatic nitrogens is 1. The summed E-state index contributed by atoms with van der Waals surface area (Å²) in [4.78, 5) is 27.7. The molecule has 7 heteroatoms. The molecule has 0 aliphatic carbocycles. The van der Waals surface area contributed by atoms with Gasteiger partial charge in [-0.15, -0.1) is 0 Å². The molecule has 27 heavy (non-hydrogen) atoms. The molecule has 2 N–H and O–H groups in total. The van der Waals surface area contributed by atoms with E-state index in [4.69, 9.17) is 19.8 Å². The van der Waals surface area contributed by atoms with Gasteiger partial charge in [0.2, 0.25) is 0 Å². The summed E-state index contributed by atoms with van der Waals surface area (Å²) in [5.41, 5.74) is 3.94. The molecule has 0 amide bonds. The zero-order valence-corrected chi connectivity index (χ0v) is 15.4. The number of carboxylic acids is 2. The number of aliphatic carboxylic acids is 2. The van der Waals surface area contributed by atoms with E-state index in [0.29, 0.717) is 0 Å². The van der Waals surface area contributed by atoms with Gasteiger partial charge in [-0.05, 0) is 24.6 Å². The first-order valence-electron chi connectivity index (χ1n) is 8.80. The van der Waals surface area contributed by atoms with E-state index in [2.05, 4.69) is 58.1 Å². The van der Waals surface area contributed by atoms with Crippen molar-refractivity contribution in [2.45, 2.75) is 20.0 Å². The van der Waals surface area contributed by atoms with E-state index in [1.54, 1.807) is 0 Å². The van der Waals surface area contributed by atoms with Gasteiger partial charge in [-0.3, -0.25) is 14.8 Å². The van der Waals surface area contributed by atoms with E-state index < -0.39 is 11.9 Å². The first-order chi connectivity index (χ1) is 12.9. The molecule has 0 saturated carbocycles. The lowest BCUT2D eigenvalue weighted by Crippen LogP contribution is -2.45. The number of carboxylic acid groups (broad SMARTS) is 2. The molecule has 1 aliphatic rings. The Kier molecular flexibility index (Phi) is 7.91. The van der Waals surface area contributed by atoms with Crippen molar-refractivity contribution in [1.29, 1.82) is 0 Å². The van der Waals surface area contributed by atoms with E-state index in [1.807, 2.05) is 12.3 Å². The largest absolute Gasteiger partial charge is 0.473 e. The van der Waals surface area contributed by atoms with E-state index in [0.717, 1.165) is 39.3 Å². The van der Waals surface area contributed by atoms with Crippen LogP contribution in [0.4, 0.5) is 0 Å². The van der Waals surface area contributed by atoms with Gasteiger partial charge < -0.3 is 10.2 Å². The highest BCUT2D eigenvalue weighted by atomic mass is 16.4. The number of rotatable bonds is 4. The molecule has 7 nitrogen and oxygen atoms in total. The third kappa shape index (κ3) is 7.55. The molecule has 1 saturated heterocycles. The summed E-state index contributed by atoms with van der Waals surface area (Å²) in [6, 6.07) is 15.0. The number of nitrogens with zero attached hydrogens (tertiary/aromatic N) is 3. The lowest BCUT2D eigenvalue weighted by Gasteiger charge is -2.34. The van der Waals surface area contributed by atoms with Gasteiger partial charge in [0, 0.05) is 45.5 Å². The molecule has 0 unspecified atom stereocenters. The second-order valence-corrected chi connectivity index (χ2v) is 6.47. The van der Waals surface area contributed by atoms with Crippen LogP contribution in [0, 0.1) is 6.92 Å². The van der Waals surface area contributed by atoms with Crippen molar-refractivity contribution in [2.75, 3.05) is 26.2 Å². The summed E-state index contributed by atoms with van der Waals surface area (Å²) in [5, 5.41) is 14.8. The standard InChI is InChI=1S/C18H23N3.C2H2O4/c1-16-5-4-6-17(13-16)14-20-9-11-21(12-10-20)15-18-7-2-3-8-19-18;3-1(4)2(5)6/h2-8,13H,9-12,14-15H2,1H3;(H,3,4)(H,5,6). The third-order valence-corrected chi connectivity index (χ3v) is 4.25. The maximum absolute atomic E-state index is 9.10. The predicted molar refractivity (Wildman–Crippen MR) is 101 cm³/mol. The molecular weight excluding hydrogens is 346 g/mol. The Labute approximate surface area is 158 Å². The van der Waals surface area contributed by atoms with Crippen LogP contribution in [-0.4, -0.2) is 63.1 Å². The molecule has 3 rings (SSSR count). The van der Waals surface area contributed by atoms with Crippen molar-refractivity contribution in [3.05, 3.63) is 65.5 Å². The van der Waals surface area contributed by atoms with E-state index >= 15 is 0 Å². The number of hydrogen-bond donors (Lipinski definition) is 2. The minimum atomic E-state index is -1.82. The van der Waals surface area contributed by atoms with Gasteiger partial charge >= 0.3 is 11.9 Å². The van der Waals surface area contributed by atoms with Gasteiger partial charge in [0.1, 0.15) is 0 Å². The van der Waals surface area contributed by atoms with Crippen LogP contribution in [0.2, 0.25) is 0 Å². The number of aryl methyl sites for hydroxylation is 1. The topological polar surface area (TPSA) is 94.0 Å². The molecule has 1 aromatic carbocycles. The minimum absolute atomic E-state index is 0.971. The molecule has 1 fully saturated rings. The maximum Gasteiger partial charge on any atom is 0.414 e. The van der Waals surface area contributed by atoms with Crippen LogP contribution in [0.3, 0.4) is 0 Å². The lowest BCUT2D eigenvalue weighted by atomic mass is 10.1. The summed E-state index contributed by atoms with van der Waals surface area (Å²) in [7, 11) is 0. The Morgan fingerprint density at radius 3 is 2.07 bits per heavy atom. The Balaban J connectivity index is 0.000000380. The van der Waals surface area contributed by atoms with Gasteiger partial charge in [0.25, 0.3) is 0 Å². The number of benzene rings is 1. The average molecular weight is 371 g/mol. The summed E-state index contributed by atoms with van der Waals surface area (Å²) >= 11 is 0. The van der Waals surface area contributed by atoms with Gasteiger partial charge in [0.15, 0.2) is 0 Å². The summed E-state index contributed by atoms with van der Waals surface area (Å²) < 4.78 is 0. The quantitative estimate of drug-likeness (QED) is 0.792. The van der Waals surface area contributed by atoms with Crippen LogP contribution in [0.15, 0.2) is 48.7 Å². The van der Waals surface area contributed by atoms with E-state index in [1.165, 1.54) is 16.8 Å². The van der Waals surface area contributed by atoms with Crippen molar-refractivity contribution in [3.8, 4) is 0 Å². The molecule has 2 heterocycles. The van der Waals surface area contributed by atoms with E-state index in [9.17, 15) is 0 Å². The fourth-order valence-electron chi connectivity index (χ4n) is 2.89. The normalized spacial score (nSPS) is 14.9. The molecule has 0 radical (unpaired) electrons. The van der Waals surface area contributed by atoms with Gasteiger partial charge in [-0.1, -0.05) is 35.9 Å². The van der Waals surface area contributed by atoms with Crippen LogP contribution in [0.1, 0.15) is 16.8 Å². The van der Waals surface area contributed by atoms with E-state index in [-0.39, 0.29) is 0 Å². The molecule has 144 valence electrons. The Morgan fingerprint density at radius 2 is 1.56 bits per heavy atom.